The number of aliphatic hydroxyl groups excluding tert-OH is 1. The molecule has 5 rings (SSSR count). The predicted molar refractivity (Wildman–Crippen MR) is 130 cm³/mol. The highest BCUT2D eigenvalue weighted by Gasteiger charge is 2.56. The van der Waals surface area contributed by atoms with Crippen molar-refractivity contribution < 1.29 is 37.0 Å². The van der Waals surface area contributed by atoms with Crippen molar-refractivity contribution >= 4 is 11.8 Å². The number of piperidine rings is 1. The van der Waals surface area contributed by atoms with Gasteiger partial charge in [0.2, 0.25) is 11.8 Å². The highest BCUT2D eigenvalue weighted by molar-refractivity contribution is 5.94. The van der Waals surface area contributed by atoms with Gasteiger partial charge in [-0.15, -0.1) is 0 Å². The maximum Gasteiger partial charge on any atom is 0.396 e. The number of carbonyl (C=O) groups excluding carboxylic acids is 2. The lowest BCUT2D eigenvalue weighted by Crippen LogP contribution is -2.53. The molecule has 3 N–H and O–H groups in total. The van der Waals surface area contributed by atoms with Gasteiger partial charge in [0.15, 0.2) is 5.82 Å². The normalized spacial score (nSPS) is 26.4. The van der Waals surface area contributed by atoms with Crippen LogP contribution in [0.15, 0.2) is 18.3 Å². The lowest BCUT2D eigenvalue weighted by atomic mass is 9.72. The minimum absolute atomic E-state index is 0.142. The number of methoxy groups -OCH3 is 1. The van der Waals surface area contributed by atoms with E-state index in [9.17, 15) is 32.3 Å². The first-order chi connectivity index (χ1) is 18.5. The Bertz CT molecular complexity index is 1240. The van der Waals surface area contributed by atoms with Crippen LogP contribution in [0.3, 0.4) is 0 Å². The van der Waals surface area contributed by atoms with Crippen molar-refractivity contribution in [3.63, 3.8) is 0 Å². The molecule has 1 aliphatic heterocycles. The summed E-state index contributed by atoms with van der Waals surface area (Å²) < 4.78 is 59.6. The predicted octanol–water partition coefficient (Wildman–Crippen LogP) is 3.60. The van der Waals surface area contributed by atoms with E-state index >= 15 is 0 Å². The summed E-state index contributed by atoms with van der Waals surface area (Å²) in [4.78, 5) is 32.0. The van der Waals surface area contributed by atoms with Crippen molar-refractivity contribution in [1.82, 2.24) is 25.4 Å². The first-order valence-electron chi connectivity index (χ1n) is 13.1. The summed E-state index contributed by atoms with van der Waals surface area (Å²) in [6.45, 7) is -0.606. The Balaban J connectivity index is 1.20. The van der Waals surface area contributed by atoms with Gasteiger partial charge >= 0.3 is 6.18 Å². The van der Waals surface area contributed by atoms with Crippen molar-refractivity contribution in [2.24, 2.45) is 11.3 Å². The molecule has 3 aliphatic rings. The summed E-state index contributed by atoms with van der Waals surface area (Å²) in [5.74, 6) is -1.23. The van der Waals surface area contributed by atoms with Gasteiger partial charge in [0.05, 0.1) is 31.0 Å². The number of pyridine rings is 1. The molecule has 1 atom stereocenters. The van der Waals surface area contributed by atoms with Crippen LogP contribution in [0, 0.1) is 17.2 Å². The number of likely N-dealkylation sites (tertiary alicyclic amines) is 1. The maximum absolute atomic E-state index is 14.3. The molecular weight excluding hydrogens is 522 g/mol. The molecule has 3 fully saturated rings. The third-order valence-electron chi connectivity index (χ3n) is 8.66. The van der Waals surface area contributed by atoms with Gasteiger partial charge in [0, 0.05) is 35.7 Å². The molecule has 0 aromatic carbocycles. The number of nitrogens with zero attached hydrogens (tertiary/aromatic N) is 3. The minimum atomic E-state index is -4.48. The van der Waals surface area contributed by atoms with Gasteiger partial charge < -0.3 is 20.1 Å². The average Bonchev–Trinajstić information content (AvgIpc) is 3.49. The second-order valence-electron chi connectivity index (χ2n) is 11.0. The van der Waals surface area contributed by atoms with Crippen molar-refractivity contribution in [3.8, 4) is 17.1 Å². The molecular formula is C26H31F4N5O4. The molecule has 9 nitrogen and oxygen atoms in total. The summed E-state index contributed by atoms with van der Waals surface area (Å²) in [5.41, 5.74) is -1.97. The van der Waals surface area contributed by atoms with E-state index in [0.717, 1.165) is 19.0 Å². The number of amides is 2. The fourth-order valence-electron chi connectivity index (χ4n) is 5.96. The molecule has 3 heterocycles. The monoisotopic (exact) mass is 553 g/mol. The minimum Gasteiger partial charge on any atom is -0.481 e. The summed E-state index contributed by atoms with van der Waals surface area (Å²) in [5, 5.41) is 19.1. The Hall–Kier alpha value is -3.22. The first-order valence-corrected chi connectivity index (χ1v) is 13.1. The number of carbonyl (C=O) groups is 2. The molecule has 0 bridgehead atoms. The van der Waals surface area contributed by atoms with Crippen LogP contribution >= 0.6 is 0 Å². The first kappa shape index (κ1) is 27.4. The molecule has 2 aromatic heterocycles. The highest BCUT2D eigenvalue weighted by atomic mass is 19.4. The van der Waals surface area contributed by atoms with Crippen LogP contribution < -0.4 is 10.1 Å². The average molecular weight is 554 g/mol. The molecule has 1 spiro atoms. The Morgan fingerprint density at radius 3 is 2.54 bits per heavy atom. The number of rotatable bonds is 6. The fraction of sp³-hybridized carbons (Fsp3) is 0.615. The summed E-state index contributed by atoms with van der Waals surface area (Å²) >= 11 is 0. The van der Waals surface area contributed by atoms with E-state index in [-0.39, 0.29) is 72.3 Å². The molecule has 2 saturated carbocycles. The van der Waals surface area contributed by atoms with Crippen LogP contribution in [-0.4, -0.2) is 75.0 Å². The van der Waals surface area contributed by atoms with Crippen molar-refractivity contribution in [1.29, 1.82) is 0 Å². The lowest BCUT2D eigenvalue weighted by Gasteiger charge is -2.42. The van der Waals surface area contributed by atoms with Crippen molar-refractivity contribution in [3.05, 3.63) is 29.8 Å². The smallest absolute Gasteiger partial charge is 0.396 e. The van der Waals surface area contributed by atoms with E-state index in [0.29, 0.717) is 19.4 Å². The summed E-state index contributed by atoms with van der Waals surface area (Å²) in [6.07, 6.45) is -1.23. The summed E-state index contributed by atoms with van der Waals surface area (Å²) in [6, 6.07) is 2.50. The van der Waals surface area contributed by atoms with Crippen LogP contribution in [0.1, 0.15) is 61.9 Å². The number of alkyl halides is 3. The van der Waals surface area contributed by atoms with Gasteiger partial charge in [0.25, 0.3) is 5.91 Å². The summed E-state index contributed by atoms with van der Waals surface area (Å²) in [7, 11) is 1.41. The fourth-order valence-corrected chi connectivity index (χ4v) is 5.96. The highest BCUT2D eigenvalue weighted by Crippen LogP contribution is 2.51. The van der Waals surface area contributed by atoms with E-state index in [4.69, 9.17) is 4.74 Å². The molecule has 13 heteroatoms. The Labute approximate surface area is 222 Å². The van der Waals surface area contributed by atoms with Crippen molar-refractivity contribution in [2.75, 3.05) is 20.3 Å². The lowest BCUT2D eigenvalue weighted by molar-refractivity contribution is -0.246. The zero-order valence-corrected chi connectivity index (χ0v) is 21.5. The number of hydrogen-bond acceptors (Lipinski definition) is 6. The van der Waals surface area contributed by atoms with Gasteiger partial charge in [0.1, 0.15) is 5.69 Å². The third kappa shape index (κ3) is 5.08. The number of aliphatic hydroxyl groups is 1. The van der Waals surface area contributed by atoms with E-state index in [1.807, 2.05) is 0 Å². The van der Waals surface area contributed by atoms with Gasteiger partial charge in [-0.05, 0) is 57.4 Å². The molecule has 2 aliphatic carbocycles. The SMILES string of the molecule is COc1cc(-c2cc(C(=O)N3CC[C@H](C(=O)NC4CCC(CO)(C(F)(F)F)CC4)CC34CC4)[nH]n2)c(F)cn1. The van der Waals surface area contributed by atoms with E-state index < -0.39 is 29.6 Å². The van der Waals surface area contributed by atoms with Crippen molar-refractivity contribution in [2.45, 2.75) is 69.1 Å². The third-order valence-corrected chi connectivity index (χ3v) is 8.66. The van der Waals surface area contributed by atoms with E-state index in [1.54, 1.807) is 4.90 Å². The van der Waals surface area contributed by atoms with Gasteiger partial charge in [-0.1, -0.05) is 0 Å². The quantitative estimate of drug-likeness (QED) is 0.471. The number of nitrogens with one attached hydrogen (secondary N) is 2. The number of aromatic nitrogens is 3. The molecule has 1 saturated heterocycles. The number of hydrogen-bond donors (Lipinski definition) is 3. The van der Waals surface area contributed by atoms with Crippen LogP contribution in [0.2, 0.25) is 0 Å². The number of H-pyrrole nitrogens is 1. The van der Waals surface area contributed by atoms with Crippen LogP contribution in [0.25, 0.3) is 11.3 Å². The van der Waals surface area contributed by atoms with Crippen LogP contribution in [-0.2, 0) is 4.79 Å². The largest absolute Gasteiger partial charge is 0.481 e. The Kier molecular flexibility index (Phi) is 7.06. The topological polar surface area (TPSA) is 120 Å². The van der Waals surface area contributed by atoms with Crippen LogP contribution in [0.5, 0.6) is 5.88 Å². The van der Waals surface area contributed by atoms with E-state index in [1.165, 1.54) is 19.2 Å². The number of ether oxygens (including phenoxy) is 1. The molecule has 0 radical (unpaired) electrons. The Morgan fingerprint density at radius 2 is 1.92 bits per heavy atom. The standard InChI is InChI=1S/C26H31F4N5O4/c1-39-21-10-17(18(27)13-31-21)19-11-20(34-33-19)23(38)35-9-4-15(12-25(35)7-8-25)22(37)32-16-2-5-24(14-36,6-3-16)26(28,29)30/h10-11,13,15-16,36H,2-9,12,14H2,1H3,(H,32,37)(H,33,34)/t15-,16?,24?/m0/s1. The maximum atomic E-state index is 14.3. The van der Waals surface area contributed by atoms with Gasteiger partial charge in [-0.25, -0.2) is 9.37 Å². The molecule has 212 valence electrons. The number of halogens is 4. The molecule has 0 unspecified atom stereocenters. The van der Waals surface area contributed by atoms with E-state index in [2.05, 4.69) is 20.5 Å². The van der Waals surface area contributed by atoms with Gasteiger partial charge in [-0.3, -0.25) is 14.7 Å². The Morgan fingerprint density at radius 1 is 1.21 bits per heavy atom. The number of aromatic amines is 1. The zero-order valence-electron chi connectivity index (χ0n) is 21.5. The van der Waals surface area contributed by atoms with Crippen LogP contribution in [0.4, 0.5) is 17.6 Å². The molecule has 2 aromatic rings. The van der Waals surface area contributed by atoms with Gasteiger partial charge in [-0.2, -0.15) is 18.3 Å². The zero-order chi connectivity index (χ0) is 28.0. The molecule has 39 heavy (non-hydrogen) atoms. The second kappa shape index (κ2) is 10.1. The second-order valence-corrected chi connectivity index (χ2v) is 11.0. The molecule has 2 amide bonds.